The van der Waals surface area contributed by atoms with E-state index < -0.39 is 5.97 Å². The smallest absolute Gasteiger partial charge is 0.355 e. The molecule has 0 saturated carbocycles. The van der Waals surface area contributed by atoms with E-state index in [1.807, 2.05) is 0 Å². The minimum absolute atomic E-state index is 0.105. The molecule has 0 aliphatic rings. The molecule has 138 valence electrons. The summed E-state index contributed by atoms with van der Waals surface area (Å²) in [5.41, 5.74) is 1.01. The van der Waals surface area contributed by atoms with Crippen molar-refractivity contribution < 1.29 is 9.90 Å². The van der Waals surface area contributed by atoms with Crippen LogP contribution in [0.5, 0.6) is 0 Å². The standard InChI is InChI=1S/C18H7Cl6NO2/c19-9-1-3-11(21)15(23)13(9)7-5-8(17(18(26)27)25-6-7)14-10(20)2-4-12(22)16(14)24/h1-6H,(H,26,27). The zero-order valence-electron chi connectivity index (χ0n) is 13.0. The van der Waals surface area contributed by atoms with Gasteiger partial charge in [-0.2, -0.15) is 0 Å². The maximum atomic E-state index is 11.7. The third kappa shape index (κ3) is 3.86. The Bertz CT molecular complexity index is 1080. The van der Waals surface area contributed by atoms with Crippen LogP contribution in [0.3, 0.4) is 0 Å². The molecule has 9 heteroatoms. The number of nitrogens with zero attached hydrogens (tertiary/aromatic N) is 1. The Hall–Kier alpha value is -1.20. The first-order chi connectivity index (χ1) is 12.7. The summed E-state index contributed by atoms with van der Waals surface area (Å²) in [6.45, 7) is 0. The van der Waals surface area contributed by atoms with Gasteiger partial charge in [0.15, 0.2) is 5.69 Å². The summed E-state index contributed by atoms with van der Waals surface area (Å²) in [4.78, 5) is 15.7. The Balaban J connectivity index is 2.37. The second-order valence-electron chi connectivity index (χ2n) is 5.36. The molecule has 0 fully saturated rings. The van der Waals surface area contributed by atoms with Gasteiger partial charge in [0.25, 0.3) is 0 Å². The van der Waals surface area contributed by atoms with Crippen molar-refractivity contribution in [1.29, 1.82) is 0 Å². The summed E-state index contributed by atoms with van der Waals surface area (Å²) in [5.74, 6) is -1.26. The fraction of sp³-hybridized carbons (Fsp3) is 0. The molecule has 1 N–H and O–H groups in total. The van der Waals surface area contributed by atoms with Gasteiger partial charge in [-0.1, -0.05) is 69.6 Å². The number of hydrogen-bond acceptors (Lipinski definition) is 2. The van der Waals surface area contributed by atoms with Gasteiger partial charge in [-0.3, -0.25) is 0 Å². The zero-order valence-corrected chi connectivity index (χ0v) is 17.6. The van der Waals surface area contributed by atoms with Gasteiger partial charge in [0.2, 0.25) is 0 Å². The Labute approximate surface area is 184 Å². The normalized spacial score (nSPS) is 10.9. The average Bonchev–Trinajstić information content (AvgIpc) is 2.62. The summed E-state index contributed by atoms with van der Waals surface area (Å²) in [6.07, 6.45) is 1.34. The highest BCUT2D eigenvalue weighted by Gasteiger charge is 2.22. The largest absolute Gasteiger partial charge is 0.476 e. The number of rotatable bonds is 3. The third-order valence-corrected chi connectivity index (χ3v) is 5.97. The molecular formula is C18H7Cl6NO2. The van der Waals surface area contributed by atoms with Crippen LogP contribution in [-0.4, -0.2) is 16.1 Å². The lowest BCUT2D eigenvalue weighted by molar-refractivity contribution is 0.0691. The number of carbonyl (C=O) groups is 1. The van der Waals surface area contributed by atoms with Crippen molar-refractivity contribution >= 4 is 75.6 Å². The molecular weight excluding hydrogens is 475 g/mol. The molecule has 0 atom stereocenters. The maximum absolute atomic E-state index is 11.7. The van der Waals surface area contributed by atoms with Crippen molar-refractivity contribution in [2.75, 3.05) is 0 Å². The number of benzene rings is 2. The van der Waals surface area contributed by atoms with E-state index in [9.17, 15) is 9.90 Å². The van der Waals surface area contributed by atoms with Gasteiger partial charge >= 0.3 is 5.97 Å². The Morgan fingerprint density at radius 3 is 1.81 bits per heavy atom. The molecule has 3 aromatic rings. The molecule has 3 nitrogen and oxygen atoms in total. The van der Waals surface area contributed by atoms with Crippen LogP contribution in [0, 0.1) is 0 Å². The second kappa shape index (κ2) is 8.04. The Morgan fingerprint density at radius 1 is 0.778 bits per heavy atom. The van der Waals surface area contributed by atoms with Crippen LogP contribution in [0.15, 0.2) is 36.5 Å². The van der Waals surface area contributed by atoms with E-state index in [0.29, 0.717) is 21.2 Å². The molecule has 1 heterocycles. The number of carboxylic acids is 1. The minimum atomic E-state index is -1.26. The van der Waals surface area contributed by atoms with E-state index in [1.165, 1.54) is 24.4 Å². The lowest BCUT2D eigenvalue weighted by Gasteiger charge is -2.14. The van der Waals surface area contributed by atoms with E-state index >= 15 is 0 Å². The molecule has 0 radical (unpaired) electrons. The maximum Gasteiger partial charge on any atom is 0.355 e. The number of pyridine rings is 1. The van der Waals surface area contributed by atoms with Crippen molar-refractivity contribution in [3.63, 3.8) is 0 Å². The van der Waals surface area contributed by atoms with E-state index in [0.717, 1.165) is 0 Å². The number of carboxylic acid groups (broad SMARTS) is 1. The SMILES string of the molecule is O=C(O)c1ncc(-c2c(Cl)ccc(Cl)c2Cl)cc1-c1c(Cl)ccc(Cl)c1Cl. The van der Waals surface area contributed by atoms with Gasteiger partial charge in [-0.15, -0.1) is 0 Å². The monoisotopic (exact) mass is 479 g/mol. The number of hydrogen-bond donors (Lipinski definition) is 1. The summed E-state index contributed by atoms with van der Waals surface area (Å²) in [5, 5.41) is 10.9. The van der Waals surface area contributed by atoms with Crippen LogP contribution in [0.25, 0.3) is 22.3 Å². The molecule has 27 heavy (non-hydrogen) atoms. The van der Waals surface area contributed by atoms with Gasteiger partial charge in [-0.25, -0.2) is 9.78 Å². The van der Waals surface area contributed by atoms with Gasteiger partial charge < -0.3 is 5.11 Å². The summed E-state index contributed by atoms with van der Waals surface area (Å²) in [6, 6.07) is 7.69. The molecule has 0 bridgehead atoms. The van der Waals surface area contributed by atoms with Crippen molar-refractivity contribution in [2.45, 2.75) is 0 Å². The third-order valence-electron chi connectivity index (χ3n) is 3.74. The molecule has 0 spiro atoms. The fourth-order valence-electron chi connectivity index (χ4n) is 2.53. The van der Waals surface area contributed by atoms with Crippen LogP contribution >= 0.6 is 69.6 Å². The van der Waals surface area contributed by atoms with Gasteiger partial charge in [-0.05, 0) is 30.3 Å². The summed E-state index contributed by atoms with van der Waals surface area (Å²) in [7, 11) is 0. The van der Waals surface area contributed by atoms with E-state index in [4.69, 9.17) is 69.6 Å². The Kier molecular flexibility index (Phi) is 6.11. The predicted octanol–water partition coefficient (Wildman–Crippen LogP) is 8.03. The Morgan fingerprint density at radius 2 is 1.26 bits per heavy atom. The first-order valence-corrected chi connectivity index (χ1v) is 9.50. The van der Waals surface area contributed by atoms with Gasteiger partial charge in [0, 0.05) is 28.5 Å². The van der Waals surface area contributed by atoms with E-state index in [1.54, 1.807) is 12.1 Å². The second-order valence-corrected chi connectivity index (χ2v) is 7.75. The van der Waals surface area contributed by atoms with Crippen LogP contribution in [0.2, 0.25) is 30.1 Å². The molecule has 2 aromatic carbocycles. The zero-order chi connectivity index (χ0) is 19.9. The van der Waals surface area contributed by atoms with Crippen molar-refractivity contribution in [2.24, 2.45) is 0 Å². The van der Waals surface area contributed by atoms with E-state index in [-0.39, 0.29) is 36.9 Å². The highest BCUT2D eigenvalue weighted by atomic mass is 35.5. The quantitative estimate of drug-likeness (QED) is 0.385. The van der Waals surface area contributed by atoms with Gasteiger partial charge in [0.05, 0.1) is 30.1 Å². The summed E-state index contributed by atoms with van der Waals surface area (Å²) >= 11 is 37.3. The average molecular weight is 482 g/mol. The van der Waals surface area contributed by atoms with Crippen molar-refractivity contribution in [1.82, 2.24) is 4.98 Å². The van der Waals surface area contributed by atoms with Gasteiger partial charge in [0.1, 0.15) is 0 Å². The number of aromatic carboxylic acids is 1. The molecule has 0 saturated heterocycles. The van der Waals surface area contributed by atoms with Crippen LogP contribution < -0.4 is 0 Å². The number of halogens is 6. The molecule has 0 aliphatic heterocycles. The van der Waals surface area contributed by atoms with Crippen LogP contribution in [0.4, 0.5) is 0 Å². The lowest BCUT2D eigenvalue weighted by atomic mass is 9.98. The molecule has 0 aliphatic carbocycles. The molecule has 1 aromatic heterocycles. The lowest BCUT2D eigenvalue weighted by Crippen LogP contribution is -2.04. The molecule has 0 unspecified atom stereocenters. The molecule has 3 rings (SSSR count). The first-order valence-electron chi connectivity index (χ1n) is 7.23. The van der Waals surface area contributed by atoms with Crippen LogP contribution in [0.1, 0.15) is 10.5 Å². The van der Waals surface area contributed by atoms with Crippen molar-refractivity contribution in [3.8, 4) is 22.3 Å². The first kappa shape index (κ1) is 20.5. The fourth-order valence-corrected chi connectivity index (χ4v) is 4.01. The predicted molar refractivity (Wildman–Crippen MR) is 112 cm³/mol. The minimum Gasteiger partial charge on any atom is -0.476 e. The highest BCUT2D eigenvalue weighted by molar-refractivity contribution is 6.47. The highest BCUT2D eigenvalue weighted by Crippen LogP contribution is 2.44. The van der Waals surface area contributed by atoms with Crippen molar-refractivity contribution in [3.05, 3.63) is 72.4 Å². The van der Waals surface area contributed by atoms with E-state index in [2.05, 4.69) is 4.98 Å². The molecule has 0 amide bonds. The number of aromatic nitrogens is 1. The van der Waals surface area contributed by atoms with Crippen LogP contribution in [-0.2, 0) is 0 Å². The summed E-state index contributed by atoms with van der Waals surface area (Å²) < 4.78 is 0. The topological polar surface area (TPSA) is 50.2 Å².